The third-order valence-corrected chi connectivity index (χ3v) is 6.75. The predicted molar refractivity (Wildman–Crippen MR) is 121 cm³/mol. The van der Waals surface area contributed by atoms with E-state index in [-0.39, 0.29) is 11.9 Å². The highest BCUT2D eigenvalue weighted by Gasteiger charge is 2.30. The average Bonchev–Trinajstić information content (AvgIpc) is 2.73. The molecule has 2 rings (SSSR count). The molecule has 2 unspecified atom stereocenters. The molecule has 2 aliphatic carbocycles. The molecular weight excluding hydrogens is 396 g/mol. The highest BCUT2D eigenvalue weighted by molar-refractivity contribution is 5.88. The number of nitrogens with one attached hydrogen (secondary N) is 3. The first-order chi connectivity index (χ1) is 14.9. The minimum Gasteiger partial charge on any atom is -0.480 e. The fourth-order valence-corrected chi connectivity index (χ4v) is 4.96. The smallest absolute Gasteiger partial charge is 0.326 e. The Hall–Kier alpha value is -1.83. The van der Waals surface area contributed by atoms with Crippen LogP contribution in [0.15, 0.2) is 0 Å². The molecule has 0 aromatic heterocycles. The van der Waals surface area contributed by atoms with Crippen LogP contribution in [-0.2, 0) is 9.59 Å². The number of rotatable bonds is 11. The second kappa shape index (κ2) is 13.6. The SMILES string of the molecule is CC1CCCC(NC(=O)[C@@H](CC2CCCCC2)NC(=O)N[C@@H](CCCCN)C(=O)O)C1. The lowest BCUT2D eigenvalue weighted by atomic mass is 9.84. The highest BCUT2D eigenvalue weighted by atomic mass is 16.4. The van der Waals surface area contributed by atoms with Gasteiger partial charge in [0, 0.05) is 6.04 Å². The van der Waals surface area contributed by atoms with E-state index in [1.54, 1.807) is 0 Å². The number of aliphatic carboxylic acids is 1. The first kappa shape index (κ1) is 25.4. The zero-order valence-electron chi connectivity index (χ0n) is 19.0. The van der Waals surface area contributed by atoms with Crippen molar-refractivity contribution in [2.45, 2.75) is 109 Å². The maximum atomic E-state index is 13.1. The predicted octanol–water partition coefficient (Wildman–Crippen LogP) is 2.90. The summed E-state index contributed by atoms with van der Waals surface area (Å²) in [6.07, 6.45) is 12.2. The molecule has 31 heavy (non-hydrogen) atoms. The molecule has 6 N–H and O–H groups in total. The molecule has 8 heteroatoms. The van der Waals surface area contributed by atoms with Gasteiger partial charge >= 0.3 is 12.0 Å². The number of nitrogens with two attached hydrogens (primary N) is 1. The Kier molecular flexibility index (Phi) is 11.1. The molecule has 2 fully saturated rings. The van der Waals surface area contributed by atoms with E-state index in [0.717, 1.165) is 44.9 Å². The Morgan fingerprint density at radius 1 is 0.968 bits per heavy atom. The minimum atomic E-state index is -1.07. The van der Waals surface area contributed by atoms with E-state index in [0.29, 0.717) is 44.1 Å². The van der Waals surface area contributed by atoms with Gasteiger partial charge in [-0.05, 0) is 56.9 Å². The van der Waals surface area contributed by atoms with Gasteiger partial charge in [-0.25, -0.2) is 9.59 Å². The fourth-order valence-electron chi connectivity index (χ4n) is 4.96. The quantitative estimate of drug-likeness (QED) is 0.316. The van der Waals surface area contributed by atoms with E-state index in [1.165, 1.54) is 12.8 Å². The second-order valence-electron chi connectivity index (χ2n) is 9.56. The van der Waals surface area contributed by atoms with Crippen molar-refractivity contribution in [1.29, 1.82) is 0 Å². The van der Waals surface area contributed by atoms with Crippen molar-refractivity contribution < 1.29 is 19.5 Å². The van der Waals surface area contributed by atoms with Crippen molar-refractivity contribution in [2.75, 3.05) is 6.54 Å². The lowest BCUT2D eigenvalue weighted by Crippen LogP contribution is -2.55. The molecule has 2 aliphatic rings. The normalized spacial score (nSPS) is 24.1. The monoisotopic (exact) mass is 438 g/mol. The Labute approximate surface area is 186 Å². The molecule has 178 valence electrons. The fraction of sp³-hybridized carbons (Fsp3) is 0.870. The summed E-state index contributed by atoms with van der Waals surface area (Å²) in [5.41, 5.74) is 5.47. The molecule has 0 spiro atoms. The van der Waals surface area contributed by atoms with Crippen molar-refractivity contribution in [3.63, 3.8) is 0 Å². The molecule has 0 aromatic carbocycles. The second-order valence-corrected chi connectivity index (χ2v) is 9.56. The van der Waals surface area contributed by atoms with Crippen LogP contribution in [0.4, 0.5) is 4.79 Å². The van der Waals surface area contributed by atoms with Crippen LogP contribution in [0.1, 0.15) is 90.4 Å². The molecule has 0 bridgehead atoms. The molecule has 0 saturated heterocycles. The summed E-state index contributed by atoms with van der Waals surface area (Å²) < 4.78 is 0. The van der Waals surface area contributed by atoms with E-state index in [4.69, 9.17) is 5.73 Å². The number of carbonyl (C=O) groups is 3. The van der Waals surface area contributed by atoms with Crippen LogP contribution in [0.3, 0.4) is 0 Å². The number of amides is 3. The number of hydrogen-bond donors (Lipinski definition) is 5. The largest absolute Gasteiger partial charge is 0.480 e. The lowest BCUT2D eigenvalue weighted by molar-refractivity contribution is -0.139. The van der Waals surface area contributed by atoms with Gasteiger partial charge in [0.2, 0.25) is 5.91 Å². The van der Waals surface area contributed by atoms with Gasteiger partial charge in [-0.3, -0.25) is 4.79 Å². The van der Waals surface area contributed by atoms with Crippen LogP contribution < -0.4 is 21.7 Å². The number of urea groups is 1. The number of carboxylic acid groups (broad SMARTS) is 1. The number of carbonyl (C=O) groups excluding carboxylic acids is 2. The molecule has 8 nitrogen and oxygen atoms in total. The molecule has 2 saturated carbocycles. The summed E-state index contributed by atoms with van der Waals surface area (Å²) in [6, 6.07) is -2.06. The topological polar surface area (TPSA) is 134 Å². The van der Waals surface area contributed by atoms with Crippen molar-refractivity contribution >= 4 is 17.9 Å². The van der Waals surface area contributed by atoms with Gasteiger partial charge in [-0.1, -0.05) is 51.9 Å². The summed E-state index contributed by atoms with van der Waals surface area (Å²) in [6.45, 7) is 2.70. The van der Waals surface area contributed by atoms with Crippen molar-refractivity contribution in [1.82, 2.24) is 16.0 Å². The van der Waals surface area contributed by atoms with Crippen molar-refractivity contribution in [3.8, 4) is 0 Å². The number of carboxylic acids is 1. The summed E-state index contributed by atoms with van der Waals surface area (Å²) in [4.78, 5) is 37.2. The van der Waals surface area contributed by atoms with Crippen LogP contribution >= 0.6 is 0 Å². The maximum absolute atomic E-state index is 13.1. The standard InChI is InChI=1S/C23H42N4O4/c1-16-8-7-11-18(14-16)25-21(28)20(15-17-9-3-2-4-10-17)27-23(31)26-19(22(29)30)12-5-6-13-24/h16-20H,2-15,24H2,1H3,(H,25,28)(H,29,30)(H2,26,27,31)/t16?,18?,19-,20+/m0/s1. The van der Waals surface area contributed by atoms with Gasteiger partial charge < -0.3 is 26.8 Å². The summed E-state index contributed by atoms with van der Waals surface area (Å²) in [5, 5.41) is 17.9. The Morgan fingerprint density at radius 2 is 1.68 bits per heavy atom. The zero-order chi connectivity index (χ0) is 22.6. The van der Waals surface area contributed by atoms with Gasteiger partial charge in [0.05, 0.1) is 0 Å². The minimum absolute atomic E-state index is 0.144. The van der Waals surface area contributed by atoms with Gasteiger partial charge in [0.15, 0.2) is 0 Å². The maximum Gasteiger partial charge on any atom is 0.326 e. The summed E-state index contributed by atoms with van der Waals surface area (Å²) in [5.74, 6) is -0.210. The summed E-state index contributed by atoms with van der Waals surface area (Å²) in [7, 11) is 0. The third kappa shape index (κ3) is 9.46. The number of unbranched alkanes of at least 4 members (excludes halogenated alkanes) is 1. The lowest BCUT2D eigenvalue weighted by Gasteiger charge is -2.31. The molecule has 3 amide bonds. The van der Waals surface area contributed by atoms with Crippen molar-refractivity contribution in [3.05, 3.63) is 0 Å². The van der Waals surface area contributed by atoms with E-state index in [9.17, 15) is 19.5 Å². The Balaban J connectivity index is 1.96. The van der Waals surface area contributed by atoms with Crippen molar-refractivity contribution in [2.24, 2.45) is 17.6 Å². The number of hydrogen-bond acceptors (Lipinski definition) is 4. The molecular formula is C23H42N4O4. The van der Waals surface area contributed by atoms with E-state index in [2.05, 4.69) is 22.9 Å². The molecule has 0 aromatic rings. The van der Waals surface area contributed by atoms with Crippen LogP contribution in [0.2, 0.25) is 0 Å². The van der Waals surface area contributed by atoms with E-state index >= 15 is 0 Å². The van der Waals surface area contributed by atoms with Crippen LogP contribution in [0.25, 0.3) is 0 Å². The molecule has 0 aliphatic heterocycles. The summed E-state index contributed by atoms with van der Waals surface area (Å²) >= 11 is 0. The first-order valence-corrected chi connectivity index (χ1v) is 12.2. The first-order valence-electron chi connectivity index (χ1n) is 12.2. The third-order valence-electron chi connectivity index (χ3n) is 6.75. The Bertz CT molecular complexity index is 580. The van der Waals surface area contributed by atoms with Crippen LogP contribution in [-0.4, -0.2) is 47.7 Å². The van der Waals surface area contributed by atoms with Gasteiger partial charge in [-0.2, -0.15) is 0 Å². The average molecular weight is 439 g/mol. The van der Waals surface area contributed by atoms with Gasteiger partial charge in [0.25, 0.3) is 0 Å². The molecule has 0 heterocycles. The van der Waals surface area contributed by atoms with E-state index < -0.39 is 24.1 Å². The molecule has 0 radical (unpaired) electrons. The Morgan fingerprint density at radius 3 is 2.32 bits per heavy atom. The van der Waals surface area contributed by atoms with Crippen LogP contribution in [0, 0.1) is 11.8 Å². The molecule has 4 atom stereocenters. The van der Waals surface area contributed by atoms with E-state index in [1.807, 2.05) is 0 Å². The van der Waals surface area contributed by atoms with Crippen LogP contribution in [0.5, 0.6) is 0 Å². The highest BCUT2D eigenvalue weighted by Crippen LogP contribution is 2.28. The van der Waals surface area contributed by atoms with Gasteiger partial charge in [-0.15, -0.1) is 0 Å². The zero-order valence-corrected chi connectivity index (χ0v) is 19.0. The van der Waals surface area contributed by atoms with Gasteiger partial charge in [0.1, 0.15) is 12.1 Å².